The summed E-state index contributed by atoms with van der Waals surface area (Å²) in [5.41, 5.74) is 0. The fourth-order valence-corrected chi connectivity index (χ4v) is 1.26. The van der Waals surface area contributed by atoms with Gasteiger partial charge in [-0.05, 0) is 12.8 Å². The molecule has 0 aliphatic carbocycles. The molecule has 1 spiro atoms. The van der Waals surface area contributed by atoms with Crippen LogP contribution in [0.25, 0.3) is 0 Å². The standard InChI is InChI=1S/C8H12O3/c1-6(2)7-3-10-8(11-7)4-9-5-8/h1,6-7H,3-5H2,2H3. The largest absolute Gasteiger partial charge is 0.370 e. The van der Waals surface area contributed by atoms with Crippen molar-refractivity contribution in [2.45, 2.75) is 18.8 Å². The summed E-state index contributed by atoms with van der Waals surface area (Å²) in [4.78, 5) is 0. The number of hydrogen-bond donors (Lipinski definition) is 0. The summed E-state index contributed by atoms with van der Waals surface area (Å²) < 4.78 is 16.0. The predicted octanol–water partition coefficient (Wildman–Crippen LogP) is 0.475. The van der Waals surface area contributed by atoms with Crippen molar-refractivity contribution in [3.63, 3.8) is 0 Å². The average Bonchev–Trinajstić information content (AvgIpc) is 2.28. The van der Waals surface area contributed by atoms with Crippen LogP contribution in [0.1, 0.15) is 6.92 Å². The van der Waals surface area contributed by atoms with Crippen LogP contribution in [0.4, 0.5) is 0 Å². The summed E-state index contributed by atoms with van der Waals surface area (Å²) in [6.07, 6.45) is 0.0406. The van der Waals surface area contributed by atoms with E-state index in [-0.39, 0.29) is 12.0 Å². The van der Waals surface area contributed by atoms with E-state index in [1.54, 1.807) is 0 Å². The summed E-state index contributed by atoms with van der Waals surface area (Å²) in [6.45, 7) is 9.28. The maximum atomic E-state index is 5.65. The van der Waals surface area contributed by atoms with Crippen molar-refractivity contribution in [2.75, 3.05) is 19.8 Å². The molecule has 62 valence electrons. The van der Waals surface area contributed by atoms with Crippen molar-refractivity contribution in [1.29, 1.82) is 0 Å². The lowest BCUT2D eigenvalue weighted by atomic mass is 10.1. The van der Waals surface area contributed by atoms with Crippen molar-refractivity contribution in [3.05, 3.63) is 6.92 Å². The Hall–Kier alpha value is -0.120. The number of hydrogen-bond acceptors (Lipinski definition) is 3. The van der Waals surface area contributed by atoms with Crippen molar-refractivity contribution in [3.8, 4) is 0 Å². The molecule has 2 aliphatic heterocycles. The topological polar surface area (TPSA) is 27.7 Å². The highest BCUT2D eigenvalue weighted by molar-refractivity contribution is 4.86. The van der Waals surface area contributed by atoms with E-state index in [2.05, 4.69) is 0 Å². The SMILES string of the molecule is [CH]C(C)C1COC2(COC2)O1. The first-order valence-electron chi connectivity index (χ1n) is 3.87. The smallest absolute Gasteiger partial charge is 0.216 e. The van der Waals surface area contributed by atoms with E-state index >= 15 is 0 Å². The molecule has 3 heteroatoms. The van der Waals surface area contributed by atoms with E-state index in [1.807, 2.05) is 6.92 Å². The van der Waals surface area contributed by atoms with Gasteiger partial charge >= 0.3 is 0 Å². The summed E-state index contributed by atoms with van der Waals surface area (Å²) in [5, 5.41) is 0. The molecule has 0 bridgehead atoms. The lowest BCUT2D eigenvalue weighted by molar-refractivity contribution is -0.299. The van der Waals surface area contributed by atoms with Crippen LogP contribution in [-0.2, 0) is 14.2 Å². The summed E-state index contributed by atoms with van der Waals surface area (Å²) in [7, 11) is 0. The Morgan fingerprint density at radius 2 is 2.27 bits per heavy atom. The molecule has 2 unspecified atom stereocenters. The number of rotatable bonds is 1. The highest BCUT2D eigenvalue weighted by Gasteiger charge is 2.48. The van der Waals surface area contributed by atoms with Crippen molar-refractivity contribution in [1.82, 2.24) is 0 Å². The van der Waals surface area contributed by atoms with Gasteiger partial charge < -0.3 is 14.2 Å². The van der Waals surface area contributed by atoms with E-state index in [4.69, 9.17) is 21.1 Å². The van der Waals surface area contributed by atoms with Gasteiger partial charge in [0.2, 0.25) is 5.79 Å². The molecule has 2 radical (unpaired) electrons. The van der Waals surface area contributed by atoms with Crippen molar-refractivity contribution in [2.24, 2.45) is 5.92 Å². The molecule has 11 heavy (non-hydrogen) atoms. The van der Waals surface area contributed by atoms with Gasteiger partial charge in [-0.3, -0.25) is 0 Å². The van der Waals surface area contributed by atoms with Crippen LogP contribution in [0.5, 0.6) is 0 Å². The zero-order valence-corrected chi connectivity index (χ0v) is 6.58. The third-order valence-corrected chi connectivity index (χ3v) is 2.11. The van der Waals surface area contributed by atoms with Crippen LogP contribution >= 0.6 is 0 Å². The minimum atomic E-state index is -0.432. The van der Waals surface area contributed by atoms with E-state index in [0.29, 0.717) is 19.8 Å². The molecule has 2 aliphatic rings. The molecule has 2 heterocycles. The molecule has 2 rings (SSSR count). The van der Waals surface area contributed by atoms with Crippen LogP contribution in [-0.4, -0.2) is 31.7 Å². The lowest BCUT2D eigenvalue weighted by Gasteiger charge is -2.36. The molecule has 2 saturated heterocycles. The fourth-order valence-electron chi connectivity index (χ4n) is 1.26. The van der Waals surface area contributed by atoms with Gasteiger partial charge in [0.05, 0.1) is 12.7 Å². The highest BCUT2D eigenvalue weighted by atomic mass is 16.8. The van der Waals surface area contributed by atoms with E-state index in [1.165, 1.54) is 0 Å². The van der Waals surface area contributed by atoms with Gasteiger partial charge in [-0.1, -0.05) is 6.92 Å². The second kappa shape index (κ2) is 2.44. The molecule has 0 saturated carbocycles. The third-order valence-electron chi connectivity index (χ3n) is 2.11. The lowest BCUT2D eigenvalue weighted by Crippen LogP contribution is -2.51. The molecular weight excluding hydrogens is 144 g/mol. The Kier molecular flexibility index (Phi) is 1.67. The Bertz CT molecular complexity index is 151. The maximum absolute atomic E-state index is 5.65. The van der Waals surface area contributed by atoms with Gasteiger partial charge in [-0.25, -0.2) is 0 Å². The highest BCUT2D eigenvalue weighted by Crippen LogP contribution is 2.32. The summed E-state index contributed by atoms with van der Waals surface area (Å²) in [5.74, 6) is -0.395. The fraction of sp³-hybridized carbons (Fsp3) is 0.875. The van der Waals surface area contributed by atoms with Crippen LogP contribution < -0.4 is 0 Å². The molecule has 2 fully saturated rings. The van der Waals surface area contributed by atoms with E-state index in [0.717, 1.165) is 0 Å². The molecule has 0 N–H and O–H groups in total. The van der Waals surface area contributed by atoms with Crippen molar-refractivity contribution >= 4 is 0 Å². The zero-order valence-electron chi connectivity index (χ0n) is 6.58. The summed E-state index contributed by atoms with van der Waals surface area (Å²) in [6, 6.07) is 0. The normalized spacial score (nSPS) is 34.6. The molecule has 0 aromatic carbocycles. The molecule has 2 atom stereocenters. The van der Waals surface area contributed by atoms with E-state index in [9.17, 15) is 0 Å². The predicted molar refractivity (Wildman–Crippen MR) is 37.8 cm³/mol. The first-order chi connectivity index (χ1) is 5.22. The van der Waals surface area contributed by atoms with Crippen LogP contribution in [0.15, 0.2) is 0 Å². The van der Waals surface area contributed by atoms with Crippen LogP contribution in [0.2, 0.25) is 0 Å². The monoisotopic (exact) mass is 156 g/mol. The first-order valence-corrected chi connectivity index (χ1v) is 3.87. The minimum absolute atomic E-state index is 0.0370. The molecule has 0 amide bonds. The average molecular weight is 156 g/mol. The Morgan fingerprint density at radius 1 is 1.55 bits per heavy atom. The van der Waals surface area contributed by atoms with E-state index < -0.39 is 5.79 Å². The molecular formula is C8H12O3. The maximum Gasteiger partial charge on any atom is 0.216 e. The minimum Gasteiger partial charge on any atom is -0.370 e. The second-order valence-corrected chi connectivity index (χ2v) is 3.23. The van der Waals surface area contributed by atoms with Gasteiger partial charge in [0, 0.05) is 0 Å². The van der Waals surface area contributed by atoms with Gasteiger partial charge in [0.15, 0.2) is 0 Å². The quantitative estimate of drug-likeness (QED) is 0.552. The molecule has 0 aromatic heterocycles. The van der Waals surface area contributed by atoms with Crippen molar-refractivity contribution < 1.29 is 14.2 Å². The first kappa shape index (κ1) is 7.53. The van der Waals surface area contributed by atoms with Crippen LogP contribution in [0, 0.1) is 12.8 Å². The Balaban J connectivity index is 1.93. The molecule has 0 aromatic rings. The van der Waals surface area contributed by atoms with Gasteiger partial charge in [0.1, 0.15) is 13.2 Å². The second-order valence-electron chi connectivity index (χ2n) is 3.23. The van der Waals surface area contributed by atoms with Gasteiger partial charge in [-0.15, -0.1) is 0 Å². The van der Waals surface area contributed by atoms with Gasteiger partial charge in [0.25, 0.3) is 0 Å². The molecule has 3 nitrogen and oxygen atoms in total. The summed E-state index contributed by atoms with van der Waals surface area (Å²) >= 11 is 0. The zero-order chi connectivity index (χ0) is 7.90. The third kappa shape index (κ3) is 1.17. The Labute approximate surface area is 66.6 Å². The van der Waals surface area contributed by atoms with Crippen LogP contribution in [0.3, 0.4) is 0 Å². The van der Waals surface area contributed by atoms with Gasteiger partial charge in [-0.2, -0.15) is 0 Å². The Morgan fingerprint density at radius 3 is 2.55 bits per heavy atom. The number of ether oxygens (including phenoxy) is 3.